The SMILES string of the molecule is CCC(CC)N(CCOC)CC1CC(C)CCC1=O. The summed E-state index contributed by atoms with van der Waals surface area (Å²) in [7, 11) is 1.75. The Hall–Kier alpha value is -0.410. The van der Waals surface area contributed by atoms with Gasteiger partial charge in [-0.3, -0.25) is 9.69 Å². The molecule has 1 saturated carbocycles. The van der Waals surface area contributed by atoms with Gasteiger partial charge >= 0.3 is 0 Å². The number of rotatable bonds is 8. The van der Waals surface area contributed by atoms with Crippen LogP contribution in [0.3, 0.4) is 0 Å². The lowest BCUT2D eigenvalue weighted by Crippen LogP contribution is -2.43. The summed E-state index contributed by atoms with van der Waals surface area (Å²) in [6.07, 6.45) is 5.24. The second-order valence-corrected chi connectivity index (χ2v) is 6.00. The molecule has 0 N–H and O–H groups in total. The van der Waals surface area contributed by atoms with Crippen molar-refractivity contribution in [1.82, 2.24) is 4.90 Å². The predicted octanol–water partition coefficient (Wildman–Crippen LogP) is 3.13. The van der Waals surface area contributed by atoms with Gasteiger partial charge in [0.1, 0.15) is 5.78 Å². The Bertz CT molecular complexity index is 263. The van der Waals surface area contributed by atoms with Gasteiger partial charge in [-0.25, -0.2) is 0 Å². The summed E-state index contributed by atoms with van der Waals surface area (Å²) in [5.41, 5.74) is 0. The Kier molecular flexibility index (Phi) is 7.62. The van der Waals surface area contributed by atoms with E-state index in [1.54, 1.807) is 7.11 Å². The molecule has 112 valence electrons. The van der Waals surface area contributed by atoms with Gasteiger partial charge in [0.2, 0.25) is 0 Å². The van der Waals surface area contributed by atoms with Crippen molar-refractivity contribution in [3.8, 4) is 0 Å². The third kappa shape index (κ3) is 5.23. The number of methoxy groups -OCH3 is 1. The van der Waals surface area contributed by atoms with E-state index in [2.05, 4.69) is 25.7 Å². The molecule has 0 heterocycles. The zero-order valence-corrected chi connectivity index (χ0v) is 13.2. The molecule has 1 fully saturated rings. The van der Waals surface area contributed by atoms with Gasteiger partial charge in [0.25, 0.3) is 0 Å². The number of ether oxygens (including phenoxy) is 1. The summed E-state index contributed by atoms with van der Waals surface area (Å²) in [5.74, 6) is 1.43. The minimum Gasteiger partial charge on any atom is -0.383 e. The maximum Gasteiger partial charge on any atom is 0.137 e. The number of hydrogen-bond donors (Lipinski definition) is 0. The molecule has 0 spiro atoms. The molecule has 2 unspecified atom stereocenters. The molecule has 0 aromatic rings. The van der Waals surface area contributed by atoms with Gasteiger partial charge in [0, 0.05) is 38.6 Å². The molecule has 1 aliphatic rings. The maximum atomic E-state index is 12.1. The van der Waals surface area contributed by atoms with Gasteiger partial charge in [0.05, 0.1) is 6.61 Å². The molecule has 0 bridgehead atoms. The van der Waals surface area contributed by atoms with E-state index in [0.29, 0.717) is 17.7 Å². The van der Waals surface area contributed by atoms with Gasteiger partial charge in [-0.1, -0.05) is 20.8 Å². The molecule has 0 aromatic carbocycles. The van der Waals surface area contributed by atoms with E-state index in [1.165, 1.54) is 0 Å². The standard InChI is InChI=1S/C16H31NO2/c1-5-15(6-2)17(9-10-19-4)12-14-11-13(3)7-8-16(14)18/h13-15H,5-12H2,1-4H3. The first-order chi connectivity index (χ1) is 9.12. The fourth-order valence-corrected chi connectivity index (χ4v) is 3.22. The van der Waals surface area contributed by atoms with Crippen molar-refractivity contribution in [2.24, 2.45) is 11.8 Å². The van der Waals surface area contributed by atoms with Crippen LogP contribution in [-0.2, 0) is 9.53 Å². The maximum absolute atomic E-state index is 12.1. The molecular formula is C16H31NO2. The highest BCUT2D eigenvalue weighted by Crippen LogP contribution is 2.27. The van der Waals surface area contributed by atoms with Gasteiger partial charge in [0.15, 0.2) is 0 Å². The fraction of sp³-hybridized carbons (Fsp3) is 0.938. The molecule has 19 heavy (non-hydrogen) atoms. The summed E-state index contributed by atoms with van der Waals surface area (Å²) in [6, 6.07) is 0.584. The quantitative estimate of drug-likeness (QED) is 0.678. The van der Waals surface area contributed by atoms with Gasteiger partial charge in [-0.15, -0.1) is 0 Å². The average Bonchev–Trinajstić information content (AvgIpc) is 2.41. The number of ketones is 1. The Balaban J connectivity index is 2.61. The molecule has 3 heteroatoms. The van der Waals surface area contributed by atoms with Crippen LogP contribution in [0.5, 0.6) is 0 Å². The van der Waals surface area contributed by atoms with Crippen LogP contribution in [0.25, 0.3) is 0 Å². The summed E-state index contributed by atoms with van der Waals surface area (Å²) in [5, 5.41) is 0. The third-order valence-electron chi connectivity index (χ3n) is 4.52. The van der Waals surface area contributed by atoms with Crippen LogP contribution >= 0.6 is 0 Å². The van der Waals surface area contributed by atoms with E-state index in [0.717, 1.165) is 51.8 Å². The molecule has 3 nitrogen and oxygen atoms in total. The molecule has 0 aliphatic heterocycles. The Morgan fingerprint density at radius 3 is 2.63 bits per heavy atom. The molecule has 0 radical (unpaired) electrons. The lowest BCUT2D eigenvalue weighted by Gasteiger charge is -2.35. The molecular weight excluding hydrogens is 238 g/mol. The fourth-order valence-electron chi connectivity index (χ4n) is 3.22. The Morgan fingerprint density at radius 1 is 1.37 bits per heavy atom. The smallest absolute Gasteiger partial charge is 0.137 e. The van der Waals surface area contributed by atoms with Gasteiger partial charge in [-0.05, 0) is 31.6 Å². The van der Waals surface area contributed by atoms with Crippen molar-refractivity contribution in [2.75, 3.05) is 26.8 Å². The van der Waals surface area contributed by atoms with Crippen molar-refractivity contribution in [1.29, 1.82) is 0 Å². The van der Waals surface area contributed by atoms with Crippen LogP contribution in [0.15, 0.2) is 0 Å². The zero-order valence-electron chi connectivity index (χ0n) is 13.2. The van der Waals surface area contributed by atoms with E-state index in [4.69, 9.17) is 4.74 Å². The van der Waals surface area contributed by atoms with Crippen LogP contribution in [-0.4, -0.2) is 43.5 Å². The first-order valence-electron chi connectivity index (χ1n) is 7.87. The van der Waals surface area contributed by atoms with E-state index >= 15 is 0 Å². The molecule has 1 rings (SSSR count). The normalized spacial score (nSPS) is 24.4. The van der Waals surface area contributed by atoms with Crippen LogP contribution in [0.1, 0.15) is 52.9 Å². The summed E-state index contributed by atoms with van der Waals surface area (Å²) in [4.78, 5) is 14.6. The monoisotopic (exact) mass is 269 g/mol. The number of carbonyl (C=O) groups is 1. The van der Waals surface area contributed by atoms with Crippen molar-refractivity contribution < 1.29 is 9.53 Å². The van der Waals surface area contributed by atoms with Crippen molar-refractivity contribution >= 4 is 5.78 Å². The van der Waals surface area contributed by atoms with Crippen molar-refractivity contribution in [2.45, 2.75) is 58.9 Å². The van der Waals surface area contributed by atoms with Crippen LogP contribution in [0, 0.1) is 11.8 Å². The molecule has 0 aromatic heterocycles. The third-order valence-corrected chi connectivity index (χ3v) is 4.52. The van der Waals surface area contributed by atoms with Crippen LogP contribution in [0.4, 0.5) is 0 Å². The van der Waals surface area contributed by atoms with E-state index < -0.39 is 0 Å². The Morgan fingerprint density at radius 2 is 2.05 bits per heavy atom. The second-order valence-electron chi connectivity index (χ2n) is 6.00. The highest BCUT2D eigenvalue weighted by molar-refractivity contribution is 5.81. The van der Waals surface area contributed by atoms with E-state index in [9.17, 15) is 4.79 Å². The largest absolute Gasteiger partial charge is 0.383 e. The predicted molar refractivity (Wildman–Crippen MR) is 79.3 cm³/mol. The lowest BCUT2D eigenvalue weighted by atomic mass is 9.81. The van der Waals surface area contributed by atoms with E-state index in [1.807, 2.05) is 0 Å². The highest BCUT2D eigenvalue weighted by atomic mass is 16.5. The summed E-state index contributed by atoms with van der Waals surface area (Å²) < 4.78 is 5.22. The first-order valence-corrected chi connectivity index (χ1v) is 7.87. The van der Waals surface area contributed by atoms with Gasteiger partial charge < -0.3 is 4.74 Å². The molecule has 0 amide bonds. The average molecular weight is 269 g/mol. The van der Waals surface area contributed by atoms with Crippen LogP contribution < -0.4 is 0 Å². The molecule has 2 atom stereocenters. The second kappa shape index (κ2) is 8.70. The number of nitrogens with zero attached hydrogens (tertiary/aromatic N) is 1. The summed E-state index contributed by atoms with van der Waals surface area (Å²) >= 11 is 0. The first kappa shape index (κ1) is 16.6. The van der Waals surface area contributed by atoms with Crippen molar-refractivity contribution in [3.63, 3.8) is 0 Å². The van der Waals surface area contributed by atoms with E-state index in [-0.39, 0.29) is 5.92 Å². The minimum atomic E-state index is 0.251. The molecule has 1 aliphatic carbocycles. The number of carbonyl (C=O) groups excluding carboxylic acids is 1. The topological polar surface area (TPSA) is 29.5 Å². The summed E-state index contributed by atoms with van der Waals surface area (Å²) in [6.45, 7) is 9.38. The lowest BCUT2D eigenvalue weighted by molar-refractivity contribution is -0.126. The Labute approximate surface area is 118 Å². The van der Waals surface area contributed by atoms with Crippen LogP contribution in [0.2, 0.25) is 0 Å². The number of hydrogen-bond acceptors (Lipinski definition) is 3. The zero-order chi connectivity index (χ0) is 14.3. The van der Waals surface area contributed by atoms with Gasteiger partial charge in [-0.2, -0.15) is 0 Å². The minimum absolute atomic E-state index is 0.251. The molecule has 0 saturated heterocycles. The number of Topliss-reactive ketones (excluding diaryl/α,β-unsaturated/α-hetero) is 1. The van der Waals surface area contributed by atoms with Crippen molar-refractivity contribution in [3.05, 3.63) is 0 Å². The highest BCUT2D eigenvalue weighted by Gasteiger charge is 2.29.